The maximum Gasteiger partial charge on any atom is 0.123 e. The van der Waals surface area contributed by atoms with E-state index in [9.17, 15) is 4.39 Å². The first-order valence-electron chi connectivity index (χ1n) is 6.20. The second kappa shape index (κ2) is 6.00. The van der Waals surface area contributed by atoms with E-state index in [4.69, 9.17) is 5.73 Å². The fraction of sp³-hybridized carbons (Fsp3) is 0.571. The van der Waals surface area contributed by atoms with Crippen molar-refractivity contribution < 1.29 is 4.39 Å². The lowest BCUT2D eigenvalue weighted by atomic mass is 9.90. The van der Waals surface area contributed by atoms with E-state index in [1.165, 1.54) is 5.56 Å². The van der Waals surface area contributed by atoms with E-state index in [2.05, 4.69) is 11.8 Å². The smallest absolute Gasteiger partial charge is 0.123 e. The number of rotatable bonds is 3. The summed E-state index contributed by atoms with van der Waals surface area (Å²) in [5.74, 6) is -0.153. The van der Waals surface area contributed by atoms with Gasteiger partial charge in [0.2, 0.25) is 0 Å². The molecule has 1 aromatic carbocycles. The fourth-order valence-corrected chi connectivity index (χ4v) is 2.51. The van der Waals surface area contributed by atoms with E-state index in [0.29, 0.717) is 0 Å². The quantitative estimate of drug-likeness (QED) is 0.917. The second-order valence-electron chi connectivity index (χ2n) is 5.55. The Kier molecular flexibility index (Phi) is 5.14. The van der Waals surface area contributed by atoms with Crippen molar-refractivity contribution in [3.05, 3.63) is 35.1 Å². The highest BCUT2D eigenvalue weighted by molar-refractivity contribution is 5.85. The first-order valence-corrected chi connectivity index (χ1v) is 6.20. The molecule has 0 radical (unpaired) electrons. The molecule has 102 valence electrons. The van der Waals surface area contributed by atoms with Gasteiger partial charge in [0.1, 0.15) is 5.82 Å². The van der Waals surface area contributed by atoms with E-state index in [1.54, 1.807) is 12.1 Å². The molecule has 1 atom stereocenters. The van der Waals surface area contributed by atoms with Crippen molar-refractivity contribution in [2.24, 2.45) is 11.1 Å². The first kappa shape index (κ1) is 15.4. The summed E-state index contributed by atoms with van der Waals surface area (Å²) in [4.78, 5) is 2.41. The van der Waals surface area contributed by atoms with Gasteiger partial charge in [-0.1, -0.05) is 13.0 Å². The molecule has 0 spiro atoms. The van der Waals surface area contributed by atoms with Crippen molar-refractivity contribution in [1.29, 1.82) is 0 Å². The predicted octanol–water partition coefficient (Wildman–Crippen LogP) is 2.73. The van der Waals surface area contributed by atoms with Gasteiger partial charge < -0.3 is 5.73 Å². The minimum atomic E-state index is -0.153. The largest absolute Gasteiger partial charge is 0.330 e. The van der Waals surface area contributed by atoms with Crippen LogP contribution >= 0.6 is 12.4 Å². The number of hydrogen-bond acceptors (Lipinski definition) is 2. The minimum absolute atomic E-state index is 0. The molecule has 0 aromatic heterocycles. The van der Waals surface area contributed by atoms with E-state index >= 15 is 0 Å². The third kappa shape index (κ3) is 3.44. The van der Waals surface area contributed by atoms with Crippen molar-refractivity contribution >= 4 is 12.4 Å². The normalized spacial score (nSPS) is 24.0. The molecular formula is C14H22ClFN2. The highest BCUT2D eigenvalue weighted by atomic mass is 35.5. The molecule has 1 saturated heterocycles. The van der Waals surface area contributed by atoms with Crippen LogP contribution in [0.5, 0.6) is 0 Å². The first-order chi connectivity index (χ1) is 8.02. The minimum Gasteiger partial charge on any atom is -0.330 e. The van der Waals surface area contributed by atoms with Crippen molar-refractivity contribution in [3.63, 3.8) is 0 Å². The van der Waals surface area contributed by atoms with Crippen LogP contribution in [0.15, 0.2) is 18.2 Å². The maximum absolute atomic E-state index is 13.0. The highest BCUT2D eigenvalue weighted by Crippen LogP contribution is 2.29. The molecule has 1 fully saturated rings. The van der Waals surface area contributed by atoms with Crippen molar-refractivity contribution in [2.45, 2.75) is 26.8 Å². The van der Waals surface area contributed by atoms with Crippen LogP contribution in [-0.2, 0) is 6.54 Å². The molecule has 2 N–H and O–H groups in total. The number of likely N-dealkylation sites (tertiary alicyclic amines) is 1. The summed E-state index contributed by atoms with van der Waals surface area (Å²) in [5, 5.41) is 0. The van der Waals surface area contributed by atoms with Gasteiger partial charge in [-0.05, 0) is 55.1 Å². The zero-order valence-corrected chi connectivity index (χ0v) is 11.9. The van der Waals surface area contributed by atoms with Gasteiger partial charge in [0, 0.05) is 13.1 Å². The van der Waals surface area contributed by atoms with Gasteiger partial charge in [-0.2, -0.15) is 0 Å². The van der Waals surface area contributed by atoms with Gasteiger partial charge in [0.05, 0.1) is 0 Å². The third-order valence-corrected chi connectivity index (χ3v) is 3.83. The summed E-state index contributed by atoms with van der Waals surface area (Å²) >= 11 is 0. The molecule has 0 saturated carbocycles. The van der Waals surface area contributed by atoms with Gasteiger partial charge in [0.15, 0.2) is 0 Å². The Labute approximate surface area is 115 Å². The molecule has 2 rings (SSSR count). The second-order valence-corrected chi connectivity index (χ2v) is 5.55. The molecule has 1 unspecified atom stereocenters. The number of halogens is 2. The molecule has 0 amide bonds. The number of hydrogen-bond donors (Lipinski definition) is 1. The SMILES string of the molecule is Cc1cc(F)ccc1CN1CCC(C)(CN)C1.Cl. The van der Waals surface area contributed by atoms with Crippen LogP contribution < -0.4 is 5.73 Å². The van der Waals surface area contributed by atoms with Crippen molar-refractivity contribution in [1.82, 2.24) is 4.90 Å². The van der Waals surface area contributed by atoms with Crippen LogP contribution in [0.3, 0.4) is 0 Å². The topological polar surface area (TPSA) is 29.3 Å². The van der Waals surface area contributed by atoms with Crippen LogP contribution in [0, 0.1) is 18.2 Å². The summed E-state index contributed by atoms with van der Waals surface area (Å²) in [6.45, 7) is 7.99. The number of aryl methyl sites for hydroxylation is 1. The lowest BCUT2D eigenvalue weighted by Gasteiger charge is -2.23. The molecule has 4 heteroatoms. The Morgan fingerprint density at radius 2 is 2.17 bits per heavy atom. The average molecular weight is 273 g/mol. The van der Waals surface area contributed by atoms with E-state index in [1.807, 2.05) is 13.0 Å². The predicted molar refractivity (Wildman–Crippen MR) is 75.4 cm³/mol. The Bertz CT molecular complexity index is 411. The third-order valence-electron chi connectivity index (χ3n) is 3.83. The van der Waals surface area contributed by atoms with Crippen molar-refractivity contribution in [3.8, 4) is 0 Å². The maximum atomic E-state index is 13.0. The number of nitrogens with two attached hydrogens (primary N) is 1. The Balaban J connectivity index is 0.00000162. The highest BCUT2D eigenvalue weighted by Gasteiger charge is 2.32. The molecule has 1 aromatic rings. The van der Waals surface area contributed by atoms with Gasteiger partial charge in [-0.25, -0.2) is 4.39 Å². The van der Waals surface area contributed by atoms with Gasteiger partial charge >= 0.3 is 0 Å². The van der Waals surface area contributed by atoms with Gasteiger partial charge in [-0.3, -0.25) is 4.90 Å². The number of benzene rings is 1. The van der Waals surface area contributed by atoms with E-state index < -0.39 is 0 Å². The van der Waals surface area contributed by atoms with Crippen LogP contribution in [-0.4, -0.2) is 24.5 Å². The standard InChI is InChI=1S/C14H21FN2.ClH/c1-11-7-13(15)4-3-12(11)8-17-6-5-14(2,9-16)10-17;/h3-4,7H,5-6,8-10,16H2,1-2H3;1H. The molecule has 1 aliphatic rings. The molecule has 1 aliphatic heterocycles. The Morgan fingerprint density at radius 1 is 1.44 bits per heavy atom. The monoisotopic (exact) mass is 272 g/mol. The Hall–Kier alpha value is -0.640. The lowest BCUT2D eigenvalue weighted by molar-refractivity contribution is 0.274. The zero-order chi connectivity index (χ0) is 12.5. The Morgan fingerprint density at radius 3 is 2.72 bits per heavy atom. The summed E-state index contributed by atoms with van der Waals surface area (Å²) in [7, 11) is 0. The molecular weight excluding hydrogens is 251 g/mol. The van der Waals surface area contributed by atoms with Gasteiger partial charge in [0.25, 0.3) is 0 Å². The van der Waals surface area contributed by atoms with Crippen LogP contribution in [0.25, 0.3) is 0 Å². The van der Waals surface area contributed by atoms with Crippen LogP contribution in [0.4, 0.5) is 4.39 Å². The summed E-state index contributed by atoms with van der Waals surface area (Å²) in [6, 6.07) is 5.04. The zero-order valence-electron chi connectivity index (χ0n) is 11.1. The average Bonchev–Trinajstić information content (AvgIpc) is 2.66. The molecule has 2 nitrogen and oxygen atoms in total. The molecule has 18 heavy (non-hydrogen) atoms. The van der Waals surface area contributed by atoms with E-state index in [0.717, 1.165) is 38.2 Å². The van der Waals surface area contributed by atoms with Crippen LogP contribution in [0.1, 0.15) is 24.5 Å². The number of nitrogens with zero attached hydrogens (tertiary/aromatic N) is 1. The summed E-state index contributed by atoms with van der Waals surface area (Å²) in [5.41, 5.74) is 8.30. The van der Waals surface area contributed by atoms with Crippen LogP contribution in [0.2, 0.25) is 0 Å². The molecule has 0 bridgehead atoms. The molecule has 1 heterocycles. The lowest BCUT2D eigenvalue weighted by Crippen LogP contribution is -2.31. The summed E-state index contributed by atoms with van der Waals surface area (Å²) < 4.78 is 13.0. The van der Waals surface area contributed by atoms with Gasteiger partial charge in [-0.15, -0.1) is 12.4 Å². The van der Waals surface area contributed by atoms with E-state index in [-0.39, 0.29) is 23.6 Å². The fourth-order valence-electron chi connectivity index (χ4n) is 2.51. The van der Waals surface area contributed by atoms with Crippen molar-refractivity contribution in [2.75, 3.05) is 19.6 Å². The molecule has 0 aliphatic carbocycles. The summed E-state index contributed by atoms with van der Waals surface area (Å²) in [6.07, 6.45) is 1.16.